The summed E-state index contributed by atoms with van der Waals surface area (Å²) in [4.78, 5) is 13.7. The predicted molar refractivity (Wildman–Crippen MR) is 145 cm³/mol. The Labute approximate surface area is 220 Å². The number of hydrogen-bond donors (Lipinski definition) is 1. The first-order valence-corrected chi connectivity index (χ1v) is 14.3. The SMILES string of the molecule is CC(N=C1NS(=O)(=O)C(Cc2ccc(N3CCN(C(C)(C)C)CC3)nc2)C(C)(C)O1)c1ccccc1F. The molecule has 8 nitrogen and oxygen atoms in total. The van der Waals surface area contributed by atoms with Gasteiger partial charge in [0.15, 0.2) is 0 Å². The van der Waals surface area contributed by atoms with Crippen LogP contribution < -0.4 is 9.62 Å². The van der Waals surface area contributed by atoms with E-state index in [1.165, 1.54) is 6.07 Å². The van der Waals surface area contributed by atoms with E-state index in [0.717, 1.165) is 37.6 Å². The maximum absolute atomic E-state index is 14.2. The first kappa shape index (κ1) is 27.3. The van der Waals surface area contributed by atoms with Crippen LogP contribution in [0.1, 0.15) is 58.7 Å². The first-order chi connectivity index (χ1) is 17.3. The highest BCUT2D eigenvalue weighted by Crippen LogP contribution is 2.30. The molecule has 2 aliphatic rings. The highest BCUT2D eigenvalue weighted by Gasteiger charge is 2.47. The average Bonchev–Trinajstić information content (AvgIpc) is 2.81. The first-order valence-electron chi connectivity index (χ1n) is 12.7. The Balaban J connectivity index is 1.44. The number of benzene rings is 1. The van der Waals surface area contributed by atoms with E-state index < -0.39 is 32.7 Å². The summed E-state index contributed by atoms with van der Waals surface area (Å²) < 4.78 is 49.1. The summed E-state index contributed by atoms with van der Waals surface area (Å²) in [6.45, 7) is 15.6. The number of halogens is 1. The van der Waals surface area contributed by atoms with E-state index in [-0.39, 0.29) is 18.0 Å². The van der Waals surface area contributed by atoms with E-state index in [4.69, 9.17) is 4.74 Å². The topological polar surface area (TPSA) is 87.1 Å². The molecule has 2 saturated heterocycles. The van der Waals surface area contributed by atoms with Gasteiger partial charge in [-0.3, -0.25) is 4.90 Å². The van der Waals surface area contributed by atoms with E-state index in [1.807, 2.05) is 12.1 Å². The van der Waals surface area contributed by atoms with E-state index in [9.17, 15) is 12.8 Å². The maximum atomic E-state index is 14.2. The summed E-state index contributed by atoms with van der Waals surface area (Å²) in [5.41, 5.74) is 0.269. The van der Waals surface area contributed by atoms with Crippen molar-refractivity contribution in [3.8, 4) is 0 Å². The predicted octanol–water partition coefficient (Wildman–Crippen LogP) is 3.90. The zero-order chi connectivity index (χ0) is 27.0. The van der Waals surface area contributed by atoms with Crippen molar-refractivity contribution < 1.29 is 17.5 Å². The second kappa shape index (κ2) is 10.2. The monoisotopic (exact) mass is 531 g/mol. The molecular weight excluding hydrogens is 493 g/mol. The Hall–Kier alpha value is -2.72. The Bertz CT molecular complexity index is 1230. The molecule has 1 N–H and O–H groups in total. The normalized spacial score (nSPS) is 23.8. The van der Waals surface area contributed by atoms with Crippen molar-refractivity contribution in [2.75, 3.05) is 31.1 Å². The lowest BCUT2D eigenvalue weighted by Gasteiger charge is -2.42. The van der Waals surface area contributed by atoms with Crippen molar-refractivity contribution >= 4 is 21.9 Å². The van der Waals surface area contributed by atoms with Gasteiger partial charge in [-0.2, -0.15) is 0 Å². The number of aliphatic imine (C=N–C) groups is 1. The molecule has 0 amide bonds. The second-order valence-electron chi connectivity index (χ2n) is 11.3. The fourth-order valence-electron chi connectivity index (χ4n) is 4.91. The number of piperazine rings is 1. The largest absolute Gasteiger partial charge is 0.457 e. The number of aromatic nitrogens is 1. The highest BCUT2D eigenvalue weighted by atomic mass is 32.2. The number of pyridine rings is 1. The van der Waals surface area contributed by atoms with Crippen molar-refractivity contribution in [3.63, 3.8) is 0 Å². The van der Waals surface area contributed by atoms with Crippen LogP contribution in [0, 0.1) is 5.82 Å². The molecule has 2 atom stereocenters. The molecule has 0 radical (unpaired) electrons. The number of anilines is 1. The molecule has 2 fully saturated rings. The Morgan fingerprint density at radius 3 is 2.41 bits per heavy atom. The molecular formula is C27H38FN5O3S. The van der Waals surface area contributed by atoms with Crippen LogP contribution in [0.2, 0.25) is 0 Å². The number of nitrogens with zero attached hydrogens (tertiary/aromatic N) is 4. The molecule has 37 heavy (non-hydrogen) atoms. The summed E-state index contributed by atoms with van der Waals surface area (Å²) in [5, 5.41) is -0.856. The van der Waals surface area contributed by atoms with Gasteiger partial charge in [0.25, 0.3) is 6.02 Å². The van der Waals surface area contributed by atoms with Crippen LogP contribution >= 0.6 is 0 Å². The van der Waals surface area contributed by atoms with E-state index in [1.54, 1.807) is 45.2 Å². The van der Waals surface area contributed by atoms with Crippen LogP contribution in [0.4, 0.5) is 10.2 Å². The molecule has 1 aromatic carbocycles. The summed E-state index contributed by atoms with van der Waals surface area (Å²) in [7, 11) is -3.81. The van der Waals surface area contributed by atoms with Crippen LogP contribution in [0.3, 0.4) is 0 Å². The number of hydrogen-bond acceptors (Lipinski definition) is 7. The molecule has 0 spiro atoms. The fourth-order valence-corrected chi connectivity index (χ4v) is 6.60. The molecule has 10 heteroatoms. The minimum absolute atomic E-state index is 0.125. The molecule has 4 rings (SSSR count). The standard InChI is InChI=1S/C27H38FN5O3S/c1-19(21-9-7-8-10-22(21)28)30-25-31-37(34,35)23(27(5,6)36-25)17-20-11-12-24(29-18-20)32-13-15-33(16-14-32)26(2,3)4/h7-12,18-19,23H,13-17H2,1-6H3,(H,30,31). The van der Waals surface area contributed by atoms with Crippen LogP contribution in [0.5, 0.6) is 0 Å². The number of rotatable bonds is 5. The minimum atomic E-state index is -3.81. The van der Waals surface area contributed by atoms with Crippen molar-refractivity contribution in [1.29, 1.82) is 0 Å². The molecule has 0 bridgehead atoms. The highest BCUT2D eigenvalue weighted by molar-refractivity contribution is 7.90. The third-order valence-electron chi connectivity index (χ3n) is 7.19. The molecule has 2 aromatic rings. The van der Waals surface area contributed by atoms with Crippen molar-refractivity contribution in [2.24, 2.45) is 4.99 Å². The van der Waals surface area contributed by atoms with Gasteiger partial charge in [-0.25, -0.2) is 27.5 Å². The third-order valence-corrected chi connectivity index (χ3v) is 9.13. The lowest BCUT2D eigenvalue weighted by molar-refractivity contribution is 0.0762. The maximum Gasteiger partial charge on any atom is 0.299 e. The van der Waals surface area contributed by atoms with Gasteiger partial charge in [-0.1, -0.05) is 24.3 Å². The number of ether oxygens (including phenoxy) is 1. The summed E-state index contributed by atoms with van der Waals surface area (Å²) in [6, 6.07) is 9.44. The molecule has 202 valence electrons. The van der Waals surface area contributed by atoms with E-state index >= 15 is 0 Å². The van der Waals surface area contributed by atoms with Gasteiger partial charge < -0.3 is 9.64 Å². The van der Waals surface area contributed by atoms with Crippen LogP contribution in [0.15, 0.2) is 47.6 Å². The third kappa shape index (κ3) is 6.23. The molecule has 0 saturated carbocycles. The van der Waals surface area contributed by atoms with Crippen LogP contribution in [-0.4, -0.2) is 66.9 Å². The quantitative estimate of drug-likeness (QED) is 0.630. The van der Waals surface area contributed by atoms with Gasteiger partial charge in [0, 0.05) is 43.5 Å². The lowest BCUT2D eigenvalue weighted by atomic mass is 9.98. The van der Waals surface area contributed by atoms with Gasteiger partial charge in [0.05, 0.1) is 6.04 Å². The van der Waals surface area contributed by atoms with Crippen LogP contribution in [-0.2, 0) is 21.2 Å². The zero-order valence-corrected chi connectivity index (χ0v) is 23.3. The molecule has 1 aromatic heterocycles. The Morgan fingerprint density at radius 2 is 1.84 bits per heavy atom. The fraction of sp³-hybridized carbons (Fsp3) is 0.556. The van der Waals surface area contributed by atoms with Gasteiger partial charge >= 0.3 is 0 Å². The van der Waals surface area contributed by atoms with Crippen molar-refractivity contribution in [3.05, 3.63) is 59.5 Å². The molecule has 0 aliphatic carbocycles. The average molecular weight is 532 g/mol. The van der Waals surface area contributed by atoms with Gasteiger partial charge in [-0.05, 0) is 65.7 Å². The summed E-state index contributed by atoms with van der Waals surface area (Å²) in [5.74, 6) is 0.496. The molecule has 3 heterocycles. The van der Waals surface area contributed by atoms with Crippen molar-refractivity contribution in [2.45, 2.75) is 70.4 Å². The lowest BCUT2D eigenvalue weighted by Crippen LogP contribution is -2.59. The number of amidine groups is 1. The van der Waals surface area contributed by atoms with Crippen molar-refractivity contribution in [1.82, 2.24) is 14.6 Å². The van der Waals surface area contributed by atoms with Gasteiger partial charge in [0.2, 0.25) is 10.0 Å². The van der Waals surface area contributed by atoms with Gasteiger partial charge in [0.1, 0.15) is 22.5 Å². The second-order valence-corrected chi connectivity index (χ2v) is 13.2. The van der Waals surface area contributed by atoms with E-state index in [0.29, 0.717) is 5.56 Å². The van der Waals surface area contributed by atoms with Gasteiger partial charge in [-0.15, -0.1) is 0 Å². The van der Waals surface area contributed by atoms with Crippen LogP contribution in [0.25, 0.3) is 0 Å². The number of sulfonamides is 1. The zero-order valence-electron chi connectivity index (χ0n) is 22.5. The molecule has 2 unspecified atom stereocenters. The summed E-state index contributed by atoms with van der Waals surface area (Å²) >= 11 is 0. The summed E-state index contributed by atoms with van der Waals surface area (Å²) in [6.07, 6.45) is 1.99. The smallest absolute Gasteiger partial charge is 0.299 e. The Kier molecular flexibility index (Phi) is 7.54. The molecule has 2 aliphatic heterocycles. The number of nitrogens with one attached hydrogen (secondary N) is 1. The van der Waals surface area contributed by atoms with E-state index in [2.05, 4.69) is 45.3 Å². The minimum Gasteiger partial charge on any atom is -0.457 e. The Morgan fingerprint density at radius 1 is 1.16 bits per heavy atom.